The van der Waals surface area contributed by atoms with Gasteiger partial charge in [0.25, 0.3) is 0 Å². The monoisotopic (exact) mass is 294 g/mol. The molecule has 0 saturated heterocycles. The summed E-state index contributed by atoms with van der Waals surface area (Å²) < 4.78 is 5.67. The van der Waals surface area contributed by atoms with E-state index in [1.807, 2.05) is 37.9 Å². The molecule has 1 fully saturated rings. The van der Waals surface area contributed by atoms with E-state index < -0.39 is 0 Å². The summed E-state index contributed by atoms with van der Waals surface area (Å²) in [7, 11) is 5.83. The van der Waals surface area contributed by atoms with E-state index in [1.54, 1.807) is 0 Å². The molecule has 1 heterocycles. The number of ether oxygens (including phenoxy) is 1. The molecule has 0 bridgehead atoms. The van der Waals surface area contributed by atoms with Gasteiger partial charge in [-0.05, 0) is 25.7 Å². The third-order valence-corrected chi connectivity index (χ3v) is 3.31. The molecule has 1 N–H and O–H groups in total. The van der Waals surface area contributed by atoms with Crippen LogP contribution in [0.15, 0.2) is 0 Å². The van der Waals surface area contributed by atoms with Crippen molar-refractivity contribution in [1.82, 2.24) is 15.0 Å². The smallest absolute Gasteiger partial charge is 0.231 e. The minimum Gasteiger partial charge on any atom is -0.379 e. The van der Waals surface area contributed by atoms with E-state index in [9.17, 15) is 0 Å². The van der Waals surface area contributed by atoms with E-state index in [4.69, 9.17) is 4.74 Å². The van der Waals surface area contributed by atoms with Crippen LogP contribution >= 0.6 is 0 Å². The van der Waals surface area contributed by atoms with E-state index in [0.29, 0.717) is 24.5 Å². The van der Waals surface area contributed by atoms with Gasteiger partial charge in [0.05, 0.1) is 6.61 Å². The normalized spacial score (nSPS) is 14.1. The lowest BCUT2D eigenvalue weighted by molar-refractivity contribution is 0.130. The molecule has 0 aliphatic heterocycles. The van der Waals surface area contributed by atoms with Crippen molar-refractivity contribution in [2.24, 2.45) is 5.92 Å². The molecule has 1 aliphatic carbocycles. The number of nitrogens with zero attached hydrogens (tertiary/aromatic N) is 5. The van der Waals surface area contributed by atoms with Crippen molar-refractivity contribution in [3.63, 3.8) is 0 Å². The van der Waals surface area contributed by atoms with Gasteiger partial charge in [-0.25, -0.2) is 0 Å². The number of likely N-dealkylation sites (N-methyl/N-ethyl adjacent to an activating group) is 1. The van der Waals surface area contributed by atoms with Crippen LogP contribution in [-0.4, -0.2) is 62.4 Å². The molecule has 0 amide bonds. The van der Waals surface area contributed by atoms with Crippen LogP contribution in [0.3, 0.4) is 0 Å². The summed E-state index contributed by atoms with van der Waals surface area (Å²) in [5, 5.41) is 3.14. The number of hydrogen-bond acceptors (Lipinski definition) is 7. The summed E-state index contributed by atoms with van der Waals surface area (Å²) in [6.45, 7) is 5.16. The molecule has 0 unspecified atom stereocenters. The number of aromatic nitrogens is 3. The van der Waals surface area contributed by atoms with Crippen LogP contribution in [0.4, 0.5) is 17.8 Å². The molecule has 1 aliphatic rings. The Morgan fingerprint density at radius 3 is 2.48 bits per heavy atom. The summed E-state index contributed by atoms with van der Waals surface area (Å²) >= 11 is 0. The maximum absolute atomic E-state index is 5.67. The molecule has 2 rings (SSSR count). The summed E-state index contributed by atoms with van der Waals surface area (Å²) in [5.74, 6) is 2.73. The second-order valence-corrected chi connectivity index (χ2v) is 5.62. The van der Waals surface area contributed by atoms with Gasteiger partial charge in [0.1, 0.15) is 0 Å². The Balaban J connectivity index is 1.94. The summed E-state index contributed by atoms with van der Waals surface area (Å²) in [6, 6.07) is 0. The van der Waals surface area contributed by atoms with Gasteiger partial charge < -0.3 is 19.9 Å². The maximum atomic E-state index is 5.67. The number of hydrogen-bond donors (Lipinski definition) is 1. The minimum atomic E-state index is 0.608. The van der Waals surface area contributed by atoms with E-state index >= 15 is 0 Å². The second kappa shape index (κ2) is 7.40. The predicted molar refractivity (Wildman–Crippen MR) is 85.1 cm³/mol. The van der Waals surface area contributed by atoms with Gasteiger partial charge in [-0.3, -0.25) is 0 Å². The first kappa shape index (κ1) is 15.8. The molecule has 1 aromatic heterocycles. The Morgan fingerprint density at radius 2 is 1.86 bits per heavy atom. The molecule has 0 spiro atoms. The fraction of sp³-hybridized carbons (Fsp3) is 0.786. The quantitative estimate of drug-likeness (QED) is 0.687. The Bertz CT molecular complexity index is 449. The fourth-order valence-corrected chi connectivity index (χ4v) is 1.80. The van der Waals surface area contributed by atoms with Crippen LogP contribution in [0.2, 0.25) is 0 Å². The lowest BCUT2D eigenvalue weighted by Crippen LogP contribution is -2.26. The first-order valence-electron chi connectivity index (χ1n) is 7.56. The van der Waals surface area contributed by atoms with Crippen molar-refractivity contribution in [1.29, 1.82) is 0 Å². The zero-order valence-electron chi connectivity index (χ0n) is 13.5. The van der Waals surface area contributed by atoms with Crippen molar-refractivity contribution in [2.45, 2.75) is 19.8 Å². The van der Waals surface area contributed by atoms with Crippen molar-refractivity contribution in [3.8, 4) is 0 Å². The third-order valence-electron chi connectivity index (χ3n) is 3.31. The molecule has 7 heteroatoms. The van der Waals surface area contributed by atoms with Crippen molar-refractivity contribution < 1.29 is 4.74 Å². The van der Waals surface area contributed by atoms with Crippen molar-refractivity contribution in [2.75, 3.05) is 62.6 Å². The zero-order chi connectivity index (χ0) is 15.2. The van der Waals surface area contributed by atoms with Crippen molar-refractivity contribution in [3.05, 3.63) is 0 Å². The molecule has 118 valence electrons. The Labute approximate surface area is 126 Å². The maximum Gasteiger partial charge on any atom is 0.231 e. The lowest BCUT2D eigenvalue weighted by Gasteiger charge is -2.20. The molecule has 7 nitrogen and oxygen atoms in total. The van der Waals surface area contributed by atoms with Gasteiger partial charge in [0, 0.05) is 40.8 Å². The summed E-state index contributed by atoms with van der Waals surface area (Å²) in [6.07, 6.45) is 2.64. The molecule has 1 saturated carbocycles. The van der Waals surface area contributed by atoms with Crippen LogP contribution in [0.5, 0.6) is 0 Å². The molecular weight excluding hydrogens is 268 g/mol. The van der Waals surface area contributed by atoms with E-state index in [2.05, 4.69) is 20.3 Å². The highest BCUT2D eigenvalue weighted by Gasteiger charge is 2.21. The molecule has 0 atom stereocenters. The van der Waals surface area contributed by atoms with Crippen LogP contribution in [0, 0.1) is 5.92 Å². The number of nitrogens with one attached hydrogen (secondary N) is 1. The lowest BCUT2D eigenvalue weighted by atomic mass is 10.5. The van der Waals surface area contributed by atoms with Crippen LogP contribution in [-0.2, 0) is 4.74 Å². The SMILES string of the molecule is CCNc1nc(N(C)C)nc(N(C)CCOCC2CC2)n1. The van der Waals surface area contributed by atoms with Gasteiger partial charge in [0.2, 0.25) is 17.8 Å². The van der Waals surface area contributed by atoms with Gasteiger partial charge in [-0.1, -0.05) is 0 Å². The van der Waals surface area contributed by atoms with Gasteiger partial charge in [-0.15, -0.1) is 0 Å². The molecular formula is C14H26N6O. The average molecular weight is 294 g/mol. The van der Waals surface area contributed by atoms with E-state index in [-0.39, 0.29) is 0 Å². The van der Waals surface area contributed by atoms with Gasteiger partial charge in [-0.2, -0.15) is 15.0 Å². The van der Waals surface area contributed by atoms with Gasteiger partial charge >= 0.3 is 0 Å². The van der Waals surface area contributed by atoms with Crippen LogP contribution in [0.25, 0.3) is 0 Å². The number of anilines is 3. The van der Waals surface area contributed by atoms with E-state index in [0.717, 1.165) is 25.6 Å². The first-order valence-corrected chi connectivity index (χ1v) is 7.56. The third kappa shape index (κ3) is 5.00. The van der Waals surface area contributed by atoms with Gasteiger partial charge in [0.15, 0.2) is 0 Å². The fourth-order valence-electron chi connectivity index (χ4n) is 1.80. The zero-order valence-corrected chi connectivity index (χ0v) is 13.5. The Morgan fingerprint density at radius 1 is 1.14 bits per heavy atom. The highest BCUT2D eigenvalue weighted by molar-refractivity contribution is 5.44. The van der Waals surface area contributed by atoms with Crippen LogP contribution in [0.1, 0.15) is 19.8 Å². The Kier molecular flexibility index (Phi) is 5.55. The number of rotatable bonds is 9. The topological polar surface area (TPSA) is 66.4 Å². The standard InChI is InChI=1S/C14H26N6O/c1-5-15-12-16-13(19(2)3)18-14(17-12)20(4)8-9-21-10-11-6-7-11/h11H,5-10H2,1-4H3,(H,15,16,17,18). The molecule has 1 aromatic rings. The Hall–Kier alpha value is -1.63. The highest BCUT2D eigenvalue weighted by atomic mass is 16.5. The van der Waals surface area contributed by atoms with E-state index in [1.165, 1.54) is 12.8 Å². The average Bonchev–Trinajstić information content (AvgIpc) is 3.27. The highest BCUT2D eigenvalue weighted by Crippen LogP contribution is 2.28. The summed E-state index contributed by atoms with van der Waals surface area (Å²) in [4.78, 5) is 17.2. The van der Waals surface area contributed by atoms with Crippen molar-refractivity contribution >= 4 is 17.8 Å². The second-order valence-electron chi connectivity index (χ2n) is 5.62. The molecule has 21 heavy (non-hydrogen) atoms. The summed E-state index contributed by atoms with van der Waals surface area (Å²) in [5.41, 5.74) is 0. The van der Waals surface area contributed by atoms with Crippen LogP contribution < -0.4 is 15.1 Å². The largest absolute Gasteiger partial charge is 0.379 e. The predicted octanol–water partition coefficient (Wildman–Crippen LogP) is 1.23. The first-order chi connectivity index (χ1) is 10.1. The molecule has 0 aromatic carbocycles. The molecule has 0 radical (unpaired) electrons. The minimum absolute atomic E-state index is 0.608.